The van der Waals surface area contributed by atoms with Gasteiger partial charge < -0.3 is 24.5 Å². The van der Waals surface area contributed by atoms with Gasteiger partial charge in [-0.3, -0.25) is 4.79 Å². The summed E-state index contributed by atoms with van der Waals surface area (Å²) in [4.78, 5) is 14.3. The third kappa shape index (κ3) is 5.18. The Morgan fingerprint density at radius 3 is 2.35 bits per heavy atom. The zero-order valence-electron chi connectivity index (χ0n) is 19.0. The third-order valence-corrected chi connectivity index (χ3v) is 7.32. The van der Waals surface area contributed by atoms with Gasteiger partial charge in [0.2, 0.25) is 10.0 Å². The van der Waals surface area contributed by atoms with E-state index in [2.05, 4.69) is 5.32 Å². The number of sulfonamides is 1. The Morgan fingerprint density at radius 1 is 1.06 bits per heavy atom. The summed E-state index contributed by atoms with van der Waals surface area (Å²) in [5.41, 5.74) is 0.997. The second kappa shape index (κ2) is 9.78. The molecule has 2 aromatic carbocycles. The number of amides is 1. The van der Waals surface area contributed by atoms with Crippen molar-refractivity contribution in [1.82, 2.24) is 4.31 Å². The number of anilines is 2. The van der Waals surface area contributed by atoms with Crippen LogP contribution in [0, 0.1) is 0 Å². The van der Waals surface area contributed by atoms with E-state index in [0.29, 0.717) is 31.9 Å². The molecule has 34 heavy (non-hydrogen) atoms. The molecule has 9 nitrogen and oxygen atoms in total. The van der Waals surface area contributed by atoms with Gasteiger partial charge in [0.1, 0.15) is 11.5 Å². The average Bonchev–Trinajstić information content (AvgIpc) is 3.36. The van der Waals surface area contributed by atoms with Crippen molar-refractivity contribution in [3.05, 3.63) is 66.6 Å². The first kappa shape index (κ1) is 23.7. The number of piperazine rings is 1. The molecule has 2 N–H and O–H groups in total. The maximum atomic E-state index is 13.0. The fraction of sp³-hybridized carbons (Fsp3) is 0.292. The van der Waals surface area contributed by atoms with Crippen molar-refractivity contribution in [3.8, 4) is 11.5 Å². The molecule has 0 radical (unpaired) electrons. The van der Waals surface area contributed by atoms with Crippen molar-refractivity contribution >= 4 is 27.3 Å². The van der Waals surface area contributed by atoms with Gasteiger partial charge in [-0.2, -0.15) is 4.31 Å². The Labute approximate surface area is 198 Å². The number of aromatic hydroxyl groups is 1. The Hall–Kier alpha value is -3.50. The number of nitrogens with zero attached hydrogens (tertiary/aromatic N) is 2. The minimum absolute atomic E-state index is 0.0105. The molecule has 0 saturated carbocycles. The van der Waals surface area contributed by atoms with E-state index in [-0.39, 0.29) is 28.2 Å². The number of carbonyl (C=O) groups excluding carboxylic acids is 1. The monoisotopic (exact) mass is 485 g/mol. The zero-order chi connectivity index (χ0) is 24.3. The lowest BCUT2D eigenvalue weighted by molar-refractivity contribution is 0.0996. The SMILES string of the molecule is CC(C)Oc1ccc(S(=O)(=O)N2CCN(c3ccc(NC(=O)c4ccco4)c(O)c3)CC2)cc1. The number of furan rings is 1. The molecule has 10 heteroatoms. The average molecular weight is 486 g/mol. The number of nitrogens with one attached hydrogen (secondary N) is 1. The van der Waals surface area contributed by atoms with Crippen molar-refractivity contribution in [2.24, 2.45) is 0 Å². The Bertz CT molecular complexity index is 1230. The van der Waals surface area contributed by atoms with Gasteiger partial charge in [-0.15, -0.1) is 0 Å². The quantitative estimate of drug-likeness (QED) is 0.492. The van der Waals surface area contributed by atoms with E-state index in [1.54, 1.807) is 48.5 Å². The normalized spacial score (nSPS) is 14.9. The smallest absolute Gasteiger partial charge is 0.291 e. The number of ether oxygens (including phenoxy) is 1. The lowest BCUT2D eigenvalue weighted by atomic mass is 10.2. The van der Waals surface area contributed by atoms with E-state index in [9.17, 15) is 18.3 Å². The van der Waals surface area contributed by atoms with Crippen molar-refractivity contribution in [1.29, 1.82) is 0 Å². The van der Waals surface area contributed by atoms with E-state index in [1.165, 1.54) is 16.6 Å². The van der Waals surface area contributed by atoms with Crippen molar-refractivity contribution in [2.45, 2.75) is 24.8 Å². The van der Waals surface area contributed by atoms with E-state index in [1.807, 2.05) is 18.7 Å². The van der Waals surface area contributed by atoms with Crippen LogP contribution in [0.1, 0.15) is 24.4 Å². The molecule has 1 aliphatic heterocycles. The number of rotatable bonds is 7. The largest absolute Gasteiger partial charge is 0.506 e. The zero-order valence-corrected chi connectivity index (χ0v) is 19.8. The van der Waals surface area contributed by atoms with Crippen LogP contribution in [-0.4, -0.2) is 56.0 Å². The molecule has 1 amide bonds. The third-order valence-electron chi connectivity index (χ3n) is 5.41. The van der Waals surface area contributed by atoms with Crippen LogP contribution in [-0.2, 0) is 10.0 Å². The maximum Gasteiger partial charge on any atom is 0.291 e. The molecule has 0 spiro atoms. The van der Waals surface area contributed by atoms with Crippen molar-refractivity contribution in [3.63, 3.8) is 0 Å². The number of carbonyl (C=O) groups is 1. The molecule has 0 bridgehead atoms. The molecule has 4 rings (SSSR count). The first-order valence-corrected chi connectivity index (χ1v) is 12.4. The highest BCUT2D eigenvalue weighted by atomic mass is 32.2. The highest BCUT2D eigenvalue weighted by Gasteiger charge is 2.29. The van der Waals surface area contributed by atoms with Crippen LogP contribution in [0.4, 0.5) is 11.4 Å². The predicted molar refractivity (Wildman–Crippen MR) is 128 cm³/mol. The Kier molecular flexibility index (Phi) is 6.80. The Morgan fingerprint density at radius 2 is 1.76 bits per heavy atom. The van der Waals surface area contributed by atoms with Gasteiger partial charge in [0.15, 0.2) is 5.76 Å². The summed E-state index contributed by atoms with van der Waals surface area (Å²) in [6, 6.07) is 14.5. The topological polar surface area (TPSA) is 112 Å². The molecule has 1 aromatic heterocycles. The van der Waals surface area contributed by atoms with Crippen molar-refractivity contribution < 1.29 is 27.5 Å². The van der Waals surface area contributed by atoms with Gasteiger partial charge in [0, 0.05) is 37.9 Å². The molecule has 0 unspecified atom stereocenters. The van der Waals surface area contributed by atoms with E-state index in [4.69, 9.17) is 9.15 Å². The fourth-order valence-corrected chi connectivity index (χ4v) is 5.13. The lowest BCUT2D eigenvalue weighted by Gasteiger charge is -2.35. The predicted octanol–water partition coefficient (Wildman–Crippen LogP) is 3.54. The van der Waals surface area contributed by atoms with E-state index in [0.717, 1.165) is 5.69 Å². The molecule has 2 heterocycles. The molecule has 1 aliphatic rings. The lowest BCUT2D eigenvalue weighted by Crippen LogP contribution is -2.48. The van der Waals surface area contributed by atoms with Gasteiger partial charge in [-0.05, 0) is 62.4 Å². The van der Waals surface area contributed by atoms with Gasteiger partial charge >= 0.3 is 0 Å². The maximum absolute atomic E-state index is 13.0. The summed E-state index contributed by atoms with van der Waals surface area (Å²) in [6.07, 6.45) is 1.41. The van der Waals surface area contributed by atoms with Gasteiger partial charge in [-0.1, -0.05) is 0 Å². The van der Waals surface area contributed by atoms with Crippen LogP contribution in [0.3, 0.4) is 0 Å². The second-order valence-corrected chi connectivity index (χ2v) is 10.1. The molecular weight excluding hydrogens is 458 g/mol. The molecule has 3 aromatic rings. The molecule has 1 saturated heterocycles. The number of phenolic OH excluding ortho intramolecular Hbond substituents is 1. The molecular formula is C24H27N3O6S. The van der Waals surface area contributed by atoms with E-state index >= 15 is 0 Å². The molecule has 0 aliphatic carbocycles. The Balaban J connectivity index is 1.38. The van der Waals surface area contributed by atoms with Gasteiger partial charge in [0.25, 0.3) is 5.91 Å². The number of benzene rings is 2. The van der Waals surface area contributed by atoms with Crippen LogP contribution in [0.25, 0.3) is 0 Å². The highest BCUT2D eigenvalue weighted by Crippen LogP contribution is 2.30. The summed E-state index contributed by atoms with van der Waals surface area (Å²) in [5.74, 6) is 0.220. The van der Waals surface area contributed by atoms with Crippen LogP contribution >= 0.6 is 0 Å². The molecule has 1 fully saturated rings. The summed E-state index contributed by atoms with van der Waals surface area (Å²) < 4.78 is 38.2. The summed E-state index contributed by atoms with van der Waals surface area (Å²) >= 11 is 0. The van der Waals surface area contributed by atoms with Crippen molar-refractivity contribution in [2.75, 3.05) is 36.4 Å². The van der Waals surface area contributed by atoms with Crippen LogP contribution in [0.2, 0.25) is 0 Å². The molecule has 180 valence electrons. The van der Waals surface area contributed by atoms with E-state index < -0.39 is 15.9 Å². The minimum Gasteiger partial charge on any atom is -0.506 e. The van der Waals surface area contributed by atoms with Gasteiger partial charge in [-0.25, -0.2) is 8.42 Å². The standard InChI is InChI=1S/C24H27N3O6S/c1-17(2)33-19-6-8-20(9-7-19)34(30,31)27-13-11-26(12-14-27)18-5-10-21(22(28)16-18)25-24(29)23-4-3-15-32-23/h3-10,15-17,28H,11-14H2,1-2H3,(H,25,29). The fourth-order valence-electron chi connectivity index (χ4n) is 3.71. The number of hydrogen-bond acceptors (Lipinski definition) is 7. The van der Waals surface area contributed by atoms with Gasteiger partial charge in [0.05, 0.1) is 22.9 Å². The summed E-state index contributed by atoms with van der Waals surface area (Å²) in [6.45, 7) is 5.37. The highest BCUT2D eigenvalue weighted by molar-refractivity contribution is 7.89. The number of hydrogen-bond donors (Lipinski definition) is 2. The van der Waals surface area contributed by atoms with Crippen LogP contribution < -0.4 is 15.0 Å². The molecule has 0 atom stereocenters. The number of phenols is 1. The second-order valence-electron chi connectivity index (χ2n) is 8.16. The summed E-state index contributed by atoms with van der Waals surface area (Å²) in [7, 11) is -3.62. The van der Waals surface area contributed by atoms with Crippen LogP contribution in [0.5, 0.6) is 11.5 Å². The van der Waals surface area contributed by atoms with Crippen LogP contribution in [0.15, 0.2) is 70.2 Å². The first-order chi connectivity index (χ1) is 16.2. The minimum atomic E-state index is -3.62. The summed E-state index contributed by atoms with van der Waals surface area (Å²) in [5, 5.41) is 13.0. The first-order valence-electron chi connectivity index (χ1n) is 10.9.